The smallest absolute Gasteiger partial charge is 0.313 e. The van der Waals surface area contributed by atoms with E-state index in [2.05, 4.69) is 20.5 Å². The van der Waals surface area contributed by atoms with E-state index in [1.54, 1.807) is 5.38 Å². The first-order valence-electron chi connectivity index (χ1n) is 9.69. The molecule has 182 valence electrons. The summed E-state index contributed by atoms with van der Waals surface area (Å²) in [5.74, 6) is -1.54. The summed E-state index contributed by atoms with van der Waals surface area (Å²) in [6.07, 6.45) is 0.0200. The van der Waals surface area contributed by atoms with Crippen LogP contribution in [-0.2, 0) is 25.6 Å². The van der Waals surface area contributed by atoms with Gasteiger partial charge in [-0.15, -0.1) is 33.3 Å². The number of hydrogen-bond donors (Lipinski definition) is 4. The van der Waals surface area contributed by atoms with Crippen LogP contribution in [0.25, 0.3) is 0 Å². The predicted octanol–water partition coefficient (Wildman–Crippen LogP) is -0.0401. The lowest BCUT2D eigenvalue weighted by atomic mass is 9.89. The van der Waals surface area contributed by atoms with Gasteiger partial charge in [0.15, 0.2) is 13.8 Å². The Balaban J connectivity index is 1.33. The summed E-state index contributed by atoms with van der Waals surface area (Å²) in [5.41, 5.74) is 10.1. The van der Waals surface area contributed by atoms with E-state index < -0.39 is 23.3 Å². The van der Waals surface area contributed by atoms with Gasteiger partial charge in [0.2, 0.25) is 17.7 Å². The number of aromatic nitrogens is 3. The van der Waals surface area contributed by atoms with Crippen LogP contribution < -0.4 is 16.8 Å². The first-order chi connectivity index (χ1) is 16.2. The molecule has 0 radical (unpaired) electrons. The third kappa shape index (κ3) is 5.42. The second-order valence-corrected chi connectivity index (χ2v) is 12.9. The van der Waals surface area contributed by atoms with Crippen molar-refractivity contribution < 1.29 is 24.3 Å². The normalized spacial score (nSPS) is 23.8. The number of fused-ring (bicyclic) bond motifs is 1. The quantitative estimate of drug-likeness (QED) is 0.224. The number of rotatable bonds is 10. The van der Waals surface area contributed by atoms with Crippen molar-refractivity contribution in [2.45, 2.75) is 26.5 Å². The number of β-lactam (4-membered cyclic amide) rings is 1. The molecular formula is C17H19N7O5S5. The standard InChI is InChI=1S/C17H19N7O5S5/c18-8(25)3-31-15-22-23-16(34-15)33-6-17(13(28)29)4-24-11(27)10(12(24)32-5-17)21-9(26)1-7-2-30-14(19)20-7/h2,10,12H,1,3-6H2,(H2,18,25)(H2,19,20)(H,21,26)(H,28,29)/t10?,12-,17?/m1/s1. The fourth-order valence-electron chi connectivity index (χ4n) is 3.35. The number of primary amides is 1. The molecule has 3 amide bonds. The van der Waals surface area contributed by atoms with Gasteiger partial charge in [-0.2, -0.15) is 0 Å². The van der Waals surface area contributed by atoms with Crippen molar-refractivity contribution in [2.75, 3.05) is 29.5 Å². The van der Waals surface area contributed by atoms with Gasteiger partial charge in [0, 0.05) is 23.4 Å². The fraction of sp³-hybridized carbons (Fsp3) is 0.471. The number of carboxylic acid groups (broad SMARTS) is 1. The Kier molecular flexibility index (Phi) is 7.56. The zero-order chi connectivity index (χ0) is 24.5. The van der Waals surface area contributed by atoms with Crippen molar-refractivity contribution >= 4 is 86.8 Å². The number of nitrogens with zero attached hydrogens (tertiary/aromatic N) is 4. The number of thiazole rings is 1. The highest BCUT2D eigenvalue weighted by atomic mass is 32.2. The number of hydrogen-bond acceptors (Lipinski definition) is 13. The summed E-state index contributed by atoms with van der Waals surface area (Å²) < 4.78 is 1.14. The maximum absolute atomic E-state index is 12.7. The number of anilines is 1. The molecule has 4 heterocycles. The van der Waals surface area contributed by atoms with E-state index in [1.807, 2.05) is 0 Å². The second kappa shape index (κ2) is 10.3. The fourth-order valence-corrected chi connectivity index (χ4v) is 8.53. The Bertz CT molecular complexity index is 1130. The van der Waals surface area contributed by atoms with Crippen molar-refractivity contribution in [3.05, 3.63) is 11.1 Å². The largest absolute Gasteiger partial charge is 0.481 e. The first kappa shape index (κ1) is 25.0. The molecular weight excluding hydrogens is 543 g/mol. The number of nitrogen functional groups attached to an aromatic ring is 1. The molecule has 0 spiro atoms. The van der Waals surface area contributed by atoms with Crippen LogP contribution in [0.5, 0.6) is 0 Å². The average Bonchev–Trinajstić information content (AvgIpc) is 3.42. The maximum atomic E-state index is 12.7. The lowest BCUT2D eigenvalue weighted by Gasteiger charge is -2.53. The number of carboxylic acids is 1. The Labute approximate surface area is 214 Å². The van der Waals surface area contributed by atoms with Gasteiger partial charge in [-0.3, -0.25) is 19.2 Å². The number of carbonyl (C=O) groups is 4. The van der Waals surface area contributed by atoms with Gasteiger partial charge in [0.1, 0.15) is 16.8 Å². The van der Waals surface area contributed by atoms with Gasteiger partial charge in [-0.25, -0.2) is 4.98 Å². The topological polar surface area (TPSA) is 194 Å². The lowest BCUT2D eigenvalue weighted by Crippen LogP contribution is -2.74. The molecule has 2 aromatic rings. The van der Waals surface area contributed by atoms with Crippen molar-refractivity contribution in [1.82, 2.24) is 25.4 Å². The van der Waals surface area contributed by atoms with E-state index in [0.29, 0.717) is 19.5 Å². The highest BCUT2D eigenvalue weighted by Crippen LogP contribution is 2.45. The first-order valence-corrected chi connectivity index (χ1v) is 14.4. The second-order valence-electron chi connectivity index (χ2n) is 7.53. The molecule has 4 rings (SSSR count). The van der Waals surface area contributed by atoms with Gasteiger partial charge < -0.3 is 26.8 Å². The molecule has 2 aliphatic rings. The van der Waals surface area contributed by atoms with Gasteiger partial charge in [-0.1, -0.05) is 34.9 Å². The minimum absolute atomic E-state index is 0.0200. The van der Waals surface area contributed by atoms with E-state index in [4.69, 9.17) is 11.5 Å². The third-order valence-corrected chi connectivity index (χ3v) is 10.8. The Morgan fingerprint density at radius 2 is 2.03 bits per heavy atom. The summed E-state index contributed by atoms with van der Waals surface area (Å²) in [6, 6.07) is -0.694. The van der Waals surface area contributed by atoms with E-state index in [0.717, 1.165) is 0 Å². The summed E-state index contributed by atoms with van der Waals surface area (Å²) in [6.45, 7) is 0.0446. The minimum atomic E-state index is -1.17. The van der Waals surface area contributed by atoms with Crippen LogP contribution in [0.1, 0.15) is 5.69 Å². The molecule has 2 aliphatic heterocycles. The highest BCUT2D eigenvalue weighted by Gasteiger charge is 2.57. The molecule has 12 nitrogen and oxygen atoms in total. The summed E-state index contributed by atoms with van der Waals surface area (Å²) in [5, 5.41) is 22.4. The molecule has 6 N–H and O–H groups in total. The zero-order valence-corrected chi connectivity index (χ0v) is 21.4. The van der Waals surface area contributed by atoms with Crippen LogP contribution in [0.15, 0.2) is 14.1 Å². The Hall–Kier alpha value is -2.08. The van der Waals surface area contributed by atoms with Crippen LogP contribution in [0.3, 0.4) is 0 Å². The van der Waals surface area contributed by atoms with Crippen LogP contribution in [-0.4, -0.2) is 84.1 Å². The van der Waals surface area contributed by atoms with E-state index in [1.165, 1.54) is 62.9 Å². The zero-order valence-electron chi connectivity index (χ0n) is 17.3. The van der Waals surface area contributed by atoms with Gasteiger partial charge in [0.25, 0.3) is 0 Å². The predicted molar refractivity (Wildman–Crippen MR) is 131 cm³/mol. The maximum Gasteiger partial charge on any atom is 0.313 e. The Morgan fingerprint density at radius 1 is 1.29 bits per heavy atom. The van der Waals surface area contributed by atoms with Crippen LogP contribution in [0.4, 0.5) is 5.13 Å². The minimum Gasteiger partial charge on any atom is -0.481 e. The third-order valence-electron chi connectivity index (χ3n) is 5.02. The molecule has 2 aromatic heterocycles. The van der Waals surface area contributed by atoms with Gasteiger partial charge in [-0.05, 0) is 0 Å². The van der Waals surface area contributed by atoms with Gasteiger partial charge in [0.05, 0.1) is 17.9 Å². The molecule has 3 atom stereocenters. The van der Waals surface area contributed by atoms with E-state index in [-0.39, 0.29) is 47.4 Å². The molecule has 2 unspecified atom stereocenters. The number of carbonyl (C=O) groups excluding carboxylic acids is 3. The number of amides is 3. The molecule has 34 heavy (non-hydrogen) atoms. The summed E-state index contributed by atoms with van der Waals surface area (Å²) in [7, 11) is 0. The SMILES string of the molecule is NC(=O)CSc1nnc(SCC2(C(=O)O)CS[C@@H]3C(NC(=O)Cc4csc(N)n4)C(=O)N3C2)s1. The van der Waals surface area contributed by atoms with Crippen molar-refractivity contribution in [1.29, 1.82) is 0 Å². The summed E-state index contributed by atoms with van der Waals surface area (Å²) in [4.78, 5) is 53.7. The number of nitrogens with two attached hydrogens (primary N) is 2. The van der Waals surface area contributed by atoms with Crippen LogP contribution >= 0.6 is 58.0 Å². The molecule has 0 aromatic carbocycles. The van der Waals surface area contributed by atoms with Crippen molar-refractivity contribution in [3.8, 4) is 0 Å². The highest BCUT2D eigenvalue weighted by molar-refractivity contribution is 8.03. The Morgan fingerprint density at radius 3 is 2.68 bits per heavy atom. The molecule has 0 saturated carbocycles. The van der Waals surface area contributed by atoms with Gasteiger partial charge >= 0.3 is 5.97 Å². The number of thioether (sulfide) groups is 3. The number of aliphatic carboxylic acids is 1. The van der Waals surface area contributed by atoms with Crippen molar-refractivity contribution in [3.63, 3.8) is 0 Å². The number of nitrogens with one attached hydrogen (secondary N) is 1. The van der Waals surface area contributed by atoms with Crippen LogP contribution in [0.2, 0.25) is 0 Å². The molecule has 2 fully saturated rings. The van der Waals surface area contributed by atoms with E-state index in [9.17, 15) is 24.3 Å². The molecule has 0 aliphatic carbocycles. The molecule has 17 heteroatoms. The molecule has 2 saturated heterocycles. The van der Waals surface area contributed by atoms with Crippen LogP contribution in [0, 0.1) is 5.41 Å². The van der Waals surface area contributed by atoms with Crippen molar-refractivity contribution in [2.24, 2.45) is 11.1 Å². The lowest BCUT2D eigenvalue weighted by molar-refractivity contribution is -0.157. The molecule has 0 bridgehead atoms. The van der Waals surface area contributed by atoms with E-state index >= 15 is 0 Å². The monoisotopic (exact) mass is 561 g/mol. The average molecular weight is 562 g/mol. The summed E-state index contributed by atoms with van der Waals surface area (Å²) >= 11 is 6.25.